The highest BCUT2D eigenvalue weighted by atomic mass is 127. The SMILES string of the molecule is CN=C(NCCNC(=O)C(C)C)N1CCC(N(CC2CC2)C(=O)OC(C)(C)C)CC1.I. The number of nitrogens with zero attached hydrogens (tertiary/aromatic N) is 3. The molecular weight excluding hydrogens is 509 g/mol. The van der Waals surface area contributed by atoms with Gasteiger partial charge in [-0.05, 0) is 52.4 Å². The Hall–Kier alpha value is -1.26. The Bertz CT molecular complexity index is 609. The molecule has 2 N–H and O–H groups in total. The average Bonchev–Trinajstić information content (AvgIpc) is 3.49. The molecule has 0 aromatic carbocycles. The number of carbonyl (C=O) groups excluding carboxylic acids is 2. The zero-order valence-corrected chi connectivity index (χ0v) is 22.4. The summed E-state index contributed by atoms with van der Waals surface area (Å²) in [6, 6.07) is 0.208. The molecule has 0 radical (unpaired) electrons. The zero-order chi connectivity index (χ0) is 22.3. The first-order valence-corrected chi connectivity index (χ1v) is 11.3. The van der Waals surface area contributed by atoms with Crippen molar-refractivity contribution >= 4 is 41.9 Å². The van der Waals surface area contributed by atoms with Gasteiger partial charge in [-0.2, -0.15) is 0 Å². The van der Waals surface area contributed by atoms with Gasteiger partial charge >= 0.3 is 6.09 Å². The van der Waals surface area contributed by atoms with Gasteiger partial charge in [0.05, 0.1) is 0 Å². The summed E-state index contributed by atoms with van der Waals surface area (Å²) in [7, 11) is 1.78. The van der Waals surface area contributed by atoms with Crippen molar-refractivity contribution in [2.75, 3.05) is 39.8 Å². The third kappa shape index (κ3) is 9.82. The summed E-state index contributed by atoms with van der Waals surface area (Å²) < 4.78 is 5.68. The van der Waals surface area contributed by atoms with Crippen LogP contribution in [0.25, 0.3) is 0 Å². The van der Waals surface area contributed by atoms with Crippen molar-refractivity contribution in [1.29, 1.82) is 0 Å². The van der Waals surface area contributed by atoms with Crippen LogP contribution in [0.15, 0.2) is 4.99 Å². The molecule has 180 valence electrons. The van der Waals surface area contributed by atoms with Crippen molar-refractivity contribution in [2.45, 2.75) is 71.9 Å². The molecule has 31 heavy (non-hydrogen) atoms. The largest absolute Gasteiger partial charge is 0.444 e. The van der Waals surface area contributed by atoms with Crippen molar-refractivity contribution in [3.05, 3.63) is 0 Å². The van der Waals surface area contributed by atoms with Crippen LogP contribution in [0.3, 0.4) is 0 Å². The van der Waals surface area contributed by atoms with E-state index in [2.05, 4.69) is 20.5 Å². The Kier molecular flexibility index (Phi) is 11.4. The third-order valence-corrected chi connectivity index (χ3v) is 5.43. The van der Waals surface area contributed by atoms with E-state index in [1.165, 1.54) is 12.8 Å². The van der Waals surface area contributed by atoms with Crippen LogP contribution >= 0.6 is 24.0 Å². The van der Waals surface area contributed by atoms with Crippen molar-refractivity contribution in [1.82, 2.24) is 20.4 Å². The molecule has 1 aliphatic carbocycles. The fraction of sp³-hybridized carbons (Fsp3) is 0.864. The van der Waals surface area contributed by atoms with E-state index in [1.807, 2.05) is 39.5 Å². The fourth-order valence-electron chi connectivity index (χ4n) is 3.56. The molecule has 0 atom stereocenters. The smallest absolute Gasteiger partial charge is 0.410 e. The number of halogens is 1. The van der Waals surface area contributed by atoms with Gasteiger partial charge in [0.15, 0.2) is 5.96 Å². The first kappa shape index (κ1) is 27.8. The monoisotopic (exact) mass is 551 g/mol. The summed E-state index contributed by atoms with van der Waals surface area (Å²) in [6.07, 6.45) is 4.04. The molecule has 2 aliphatic rings. The summed E-state index contributed by atoms with van der Waals surface area (Å²) in [5, 5.41) is 6.24. The van der Waals surface area contributed by atoms with Crippen LogP contribution in [0.2, 0.25) is 0 Å². The van der Waals surface area contributed by atoms with Gasteiger partial charge in [0.25, 0.3) is 0 Å². The van der Waals surface area contributed by atoms with Crippen LogP contribution in [0.1, 0.15) is 60.3 Å². The number of nitrogens with one attached hydrogen (secondary N) is 2. The molecule has 1 heterocycles. The number of carbonyl (C=O) groups is 2. The lowest BCUT2D eigenvalue weighted by Gasteiger charge is -2.40. The lowest BCUT2D eigenvalue weighted by molar-refractivity contribution is -0.123. The molecule has 0 spiro atoms. The number of ether oxygens (including phenoxy) is 1. The number of rotatable bonds is 7. The number of guanidine groups is 1. The van der Waals surface area contributed by atoms with Gasteiger partial charge in [0, 0.05) is 51.7 Å². The van der Waals surface area contributed by atoms with E-state index in [-0.39, 0.29) is 47.9 Å². The Morgan fingerprint density at radius 2 is 1.68 bits per heavy atom. The summed E-state index contributed by atoms with van der Waals surface area (Å²) in [5.74, 6) is 1.53. The van der Waals surface area contributed by atoms with Gasteiger partial charge < -0.3 is 25.2 Å². The average molecular weight is 552 g/mol. The molecule has 8 nitrogen and oxygen atoms in total. The lowest BCUT2D eigenvalue weighted by atomic mass is 10.0. The molecule has 2 rings (SSSR count). The lowest BCUT2D eigenvalue weighted by Crippen LogP contribution is -2.53. The predicted molar refractivity (Wildman–Crippen MR) is 135 cm³/mol. The highest BCUT2D eigenvalue weighted by Gasteiger charge is 2.35. The van der Waals surface area contributed by atoms with Gasteiger partial charge in [0.2, 0.25) is 5.91 Å². The Morgan fingerprint density at radius 3 is 2.16 bits per heavy atom. The van der Waals surface area contributed by atoms with Crippen LogP contribution in [0.5, 0.6) is 0 Å². The molecule has 1 saturated carbocycles. The number of hydrogen-bond acceptors (Lipinski definition) is 4. The molecule has 2 fully saturated rings. The van der Waals surface area contributed by atoms with Gasteiger partial charge in [-0.3, -0.25) is 9.79 Å². The molecule has 9 heteroatoms. The van der Waals surface area contributed by atoms with Gasteiger partial charge in [0.1, 0.15) is 5.60 Å². The Morgan fingerprint density at radius 1 is 1.10 bits per heavy atom. The maximum absolute atomic E-state index is 12.8. The summed E-state index contributed by atoms with van der Waals surface area (Å²) in [5.41, 5.74) is -0.476. The fourth-order valence-corrected chi connectivity index (χ4v) is 3.56. The molecule has 0 aromatic heterocycles. The predicted octanol–water partition coefficient (Wildman–Crippen LogP) is 3.06. The molecule has 0 aromatic rings. The standard InChI is InChI=1S/C22H41N5O3.HI/c1-16(2)19(28)24-11-12-25-20(23-6)26-13-9-18(10-14-26)27(15-17-7-8-17)21(29)30-22(3,4)5;/h16-18H,7-15H2,1-6H3,(H,23,25)(H,24,28);1H. The van der Waals surface area contributed by atoms with E-state index in [4.69, 9.17) is 4.74 Å². The topological polar surface area (TPSA) is 86.3 Å². The van der Waals surface area contributed by atoms with E-state index in [0.29, 0.717) is 19.0 Å². The molecule has 1 aliphatic heterocycles. The quantitative estimate of drug-likeness (QED) is 0.220. The van der Waals surface area contributed by atoms with Crippen LogP contribution in [0.4, 0.5) is 4.79 Å². The van der Waals surface area contributed by atoms with E-state index < -0.39 is 5.60 Å². The van der Waals surface area contributed by atoms with Crippen molar-refractivity contribution in [3.8, 4) is 0 Å². The van der Waals surface area contributed by atoms with Gasteiger partial charge in [-0.25, -0.2) is 4.79 Å². The van der Waals surface area contributed by atoms with Crippen LogP contribution in [-0.2, 0) is 9.53 Å². The third-order valence-electron chi connectivity index (χ3n) is 5.43. The van der Waals surface area contributed by atoms with Crippen molar-refractivity contribution in [3.63, 3.8) is 0 Å². The Labute approximate surface area is 204 Å². The minimum Gasteiger partial charge on any atom is -0.444 e. The number of likely N-dealkylation sites (tertiary alicyclic amines) is 1. The van der Waals surface area contributed by atoms with Gasteiger partial charge in [-0.15, -0.1) is 24.0 Å². The maximum Gasteiger partial charge on any atom is 0.410 e. The van der Waals surface area contributed by atoms with Gasteiger partial charge in [-0.1, -0.05) is 13.8 Å². The van der Waals surface area contributed by atoms with Crippen molar-refractivity contribution in [2.24, 2.45) is 16.8 Å². The number of amides is 2. The highest BCUT2D eigenvalue weighted by molar-refractivity contribution is 14.0. The zero-order valence-electron chi connectivity index (χ0n) is 20.1. The molecule has 2 amide bonds. The first-order chi connectivity index (χ1) is 14.1. The minimum absolute atomic E-state index is 0. The van der Waals surface area contributed by atoms with E-state index in [0.717, 1.165) is 38.4 Å². The summed E-state index contributed by atoms with van der Waals surface area (Å²) in [4.78, 5) is 33.0. The minimum atomic E-state index is -0.476. The first-order valence-electron chi connectivity index (χ1n) is 11.3. The summed E-state index contributed by atoms with van der Waals surface area (Å²) in [6.45, 7) is 13.2. The summed E-state index contributed by atoms with van der Waals surface area (Å²) >= 11 is 0. The molecule has 0 unspecified atom stereocenters. The van der Waals surface area contributed by atoms with Crippen molar-refractivity contribution < 1.29 is 14.3 Å². The van der Waals surface area contributed by atoms with E-state index in [9.17, 15) is 9.59 Å². The normalized spacial score (nSPS) is 17.8. The second kappa shape index (κ2) is 12.7. The van der Waals surface area contributed by atoms with E-state index in [1.54, 1.807) is 7.05 Å². The molecular formula is C22H42IN5O3. The van der Waals surface area contributed by atoms with E-state index >= 15 is 0 Å². The number of piperidine rings is 1. The van der Waals surface area contributed by atoms with Crippen LogP contribution < -0.4 is 10.6 Å². The Balaban J connectivity index is 0.00000480. The van der Waals surface area contributed by atoms with Crippen LogP contribution in [-0.4, -0.2) is 79.2 Å². The molecule has 0 bridgehead atoms. The number of hydrogen-bond donors (Lipinski definition) is 2. The maximum atomic E-state index is 12.8. The molecule has 1 saturated heterocycles. The van der Waals surface area contributed by atoms with Crippen LogP contribution in [0, 0.1) is 11.8 Å². The number of aliphatic imine (C=N–C) groups is 1. The second-order valence-corrected chi connectivity index (χ2v) is 9.71. The highest BCUT2D eigenvalue weighted by Crippen LogP contribution is 2.32. The second-order valence-electron chi connectivity index (χ2n) is 9.71.